The number of hydrogen-bond acceptors (Lipinski definition) is 4. The van der Waals surface area contributed by atoms with Gasteiger partial charge < -0.3 is 0 Å². The molecule has 0 amide bonds. The molecule has 4 heteroatoms. The Morgan fingerprint density at radius 1 is 0.619 bits per heavy atom. The molecular formula is C38H54N2O2. The number of ketones is 2. The second-order valence-electron chi connectivity index (χ2n) is 14.8. The van der Waals surface area contributed by atoms with Gasteiger partial charge in [0.2, 0.25) is 0 Å². The maximum atomic E-state index is 12.5. The number of piperidine rings is 2. The van der Waals surface area contributed by atoms with Gasteiger partial charge >= 0.3 is 0 Å². The number of aryl methyl sites for hydroxylation is 4. The van der Waals surface area contributed by atoms with Gasteiger partial charge in [0.25, 0.3) is 0 Å². The molecule has 4 aliphatic rings. The number of fused-ring (bicyclic) bond motifs is 6. The van der Waals surface area contributed by atoms with E-state index in [9.17, 15) is 9.59 Å². The van der Waals surface area contributed by atoms with Gasteiger partial charge in [0.1, 0.15) is 11.6 Å². The lowest BCUT2D eigenvalue weighted by Gasteiger charge is -2.43. The zero-order valence-corrected chi connectivity index (χ0v) is 27.6. The Balaban J connectivity index is 0.000000168. The molecule has 2 fully saturated rings. The number of carbonyl (C=O) groups is 2. The number of benzene rings is 2. The van der Waals surface area contributed by atoms with Crippen LogP contribution in [0.4, 0.5) is 0 Å². The van der Waals surface area contributed by atoms with Gasteiger partial charge in [0.15, 0.2) is 0 Å². The van der Waals surface area contributed by atoms with Crippen molar-refractivity contribution in [2.75, 3.05) is 26.2 Å². The van der Waals surface area contributed by atoms with E-state index in [1.165, 1.54) is 44.5 Å². The maximum Gasteiger partial charge on any atom is 0.139 e. The molecule has 2 aromatic carbocycles. The Morgan fingerprint density at radius 3 is 1.33 bits per heavy atom. The van der Waals surface area contributed by atoms with Crippen molar-refractivity contribution in [3.8, 4) is 0 Å². The maximum absolute atomic E-state index is 12.5. The fourth-order valence-electron chi connectivity index (χ4n) is 8.03. The van der Waals surface area contributed by atoms with Crippen molar-refractivity contribution in [1.82, 2.24) is 9.80 Å². The second-order valence-corrected chi connectivity index (χ2v) is 14.8. The Kier molecular flexibility index (Phi) is 9.45. The summed E-state index contributed by atoms with van der Waals surface area (Å²) >= 11 is 0. The molecule has 0 aliphatic carbocycles. The number of rotatable bonds is 4. The summed E-state index contributed by atoms with van der Waals surface area (Å²) in [7, 11) is 0. The predicted molar refractivity (Wildman–Crippen MR) is 173 cm³/mol. The summed E-state index contributed by atoms with van der Waals surface area (Å²) in [5.41, 5.74) is 11.2. The minimum absolute atomic E-state index is 0.259. The van der Waals surface area contributed by atoms with Crippen LogP contribution in [0.1, 0.15) is 110 Å². The predicted octanol–water partition coefficient (Wildman–Crippen LogP) is 7.68. The van der Waals surface area contributed by atoms with Crippen LogP contribution < -0.4 is 0 Å². The SMILES string of the molecule is Cc1cc2c(cc1C)C1CC(=O)C(CC(C)C)CN1CC2.Cc1cc2c(cc1C)[C@H]1CC(=O)[C@@H](CC(C)C)CN1CC2. The van der Waals surface area contributed by atoms with Crippen molar-refractivity contribution in [2.45, 2.75) is 106 Å². The molecule has 0 spiro atoms. The molecule has 42 heavy (non-hydrogen) atoms. The highest BCUT2D eigenvalue weighted by Gasteiger charge is 2.39. The number of nitrogens with zero attached hydrogens (tertiary/aromatic N) is 2. The largest absolute Gasteiger partial charge is 0.299 e. The van der Waals surface area contributed by atoms with Crippen LogP contribution in [0.2, 0.25) is 0 Å². The molecule has 6 rings (SSSR count). The first kappa shape index (κ1) is 31.1. The summed E-state index contributed by atoms with van der Waals surface area (Å²) in [5, 5.41) is 0. The summed E-state index contributed by atoms with van der Waals surface area (Å²) in [5.74, 6) is 2.70. The van der Waals surface area contributed by atoms with Crippen molar-refractivity contribution >= 4 is 11.6 Å². The topological polar surface area (TPSA) is 40.6 Å². The highest BCUT2D eigenvalue weighted by Crippen LogP contribution is 2.40. The van der Waals surface area contributed by atoms with Gasteiger partial charge in [-0.15, -0.1) is 0 Å². The average molecular weight is 571 g/mol. The lowest BCUT2D eigenvalue weighted by molar-refractivity contribution is -0.130. The quantitative estimate of drug-likeness (QED) is 0.378. The average Bonchev–Trinajstić information content (AvgIpc) is 2.91. The zero-order chi connectivity index (χ0) is 30.3. The van der Waals surface area contributed by atoms with Crippen molar-refractivity contribution < 1.29 is 9.59 Å². The van der Waals surface area contributed by atoms with Crippen LogP contribution in [0.5, 0.6) is 0 Å². The first-order chi connectivity index (χ1) is 19.9. The van der Waals surface area contributed by atoms with E-state index in [1.54, 1.807) is 0 Å². The third kappa shape index (κ3) is 6.60. The van der Waals surface area contributed by atoms with Crippen LogP contribution in [0, 0.1) is 51.4 Å². The fraction of sp³-hybridized carbons (Fsp3) is 0.632. The molecule has 4 heterocycles. The highest BCUT2D eigenvalue weighted by atomic mass is 16.1. The number of hydrogen-bond donors (Lipinski definition) is 0. The lowest BCUT2D eigenvalue weighted by Crippen LogP contribution is -2.46. The van der Waals surface area contributed by atoms with Crippen LogP contribution in [-0.4, -0.2) is 47.5 Å². The van der Waals surface area contributed by atoms with Crippen LogP contribution in [0.3, 0.4) is 0 Å². The Labute approximate surface area is 255 Å². The van der Waals surface area contributed by atoms with Crippen LogP contribution >= 0.6 is 0 Å². The second kappa shape index (κ2) is 12.7. The molecule has 0 radical (unpaired) electrons. The molecule has 0 bridgehead atoms. The third-order valence-electron chi connectivity index (χ3n) is 10.6. The van der Waals surface area contributed by atoms with Gasteiger partial charge in [-0.05, 0) is 110 Å². The molecule has 4 atom stereocenters. The zero-order valence-electron chi connectivity index (χ0n) is 27.6. The van der Waals surface area contributed by atoms with E-state index < -0.39 is 0 Å². The van der Waals surface area contributed by atoms with E-state index in [0.717, 1.165) is 51.9 Å². The molecule has 0 saturated carbocycles. The Morgan fingerprint density at radius 2 is 0.976 bits per heavy atom. The van der Waals surface area contributed by atoms with Crippen molar-refractivity contribution in [3.63, 3.8) is 0 Å². The van der Waals surface area contributed by atoms with E-state index >= 15 is 0 Å². The first-order valence-corrected chi connectivity index (χ1v) is 16.6. The van der Waals surface area contributed by atoms with Crippen molar-refractivity contribution in [1.29, 1.82) is 0 Å². The van der Waals surface area contributed by atoms with Gasteiger partial charge in [-0.2, -0.15) is 0 Å². The first-order valence-electron chi connectivity index (χ1n) is 16.6. The monoisotopic (exact) mass is 570 g/mol. The molecule has 2 saturated heterocycles. The molecule has 4 aliphatic heterocycles. The summed E-state index contributed by atoms with van der Waals surface area (Å²) in [6, 6.07) is 10.0. The summed E-state index contributed by atoms with van der Waals surface area (Å²) in [6.45, 7) is 21.8. The summed E-state index contributed by atoms with van der Waals surface area (Å²) in [6.07, 6.45) is 5.79. The van der Waals surface area contributed by atoms with Gasteiger partial charge in [-0.3, -0.25) is 19.4 Å². The smallest absolute Gasteiger partial charge is 0.139 e. The molecule has 0 N–H and O–H groups in total. The van der Waals surface area contributed by atoms with Gasteiger partial charge in [0, 0.05) is 62.9 Å². The Bertz CT molecular complexity index is 1220. The van der Waals surface area contributed by atoms with Crippen molar-refractivity contribution in [3.05, 3.63) is 68.8 Å². The van der Waals surface area contributed by atoms with Gasteiger partial charge in [-0.25, -0.2) is 0 Å². The molecule has 0 aromatic heterocycles. The lowest BCUT2D eigenvalue weighted by atomic mass is 9.79. The molecule has 2 aromatic rings. The standard InChI is InChI=1S/2C19H27NO/c2*1-12(2)7-16-11-20-6-5-15-8-13(3)14(4)9-17(15)18(20)10-19(16)21/h2*8-9,12,16,18H,5-7,10-11H2,1-4H3/t16-,18+;/m0./s1. The van der Waals surface area contributed by atoms with Crippen LogP contribution in [-0.2, 0) is 22.4 Å². The van der Waals surface area contributed by atoms with E-state index in [2.05, 4.69) is 89.5 Å². The minimum atomic E-state index is 0.259. The molecule has 228 valence electrons. The van der Waals surface area contributed by atoms with Crippen LogP contribution in [0.15, 0.2) is 24.3 Å². The number of Topliss-reactive ketones (excluding diaryl/α,β-unsaturated/α-hetero) is 2. The van der Waals surface area contributed by atoms with Gasteiger partial charge in [-0.1, -0.05) is 52.0 Å². The van der Waals surface area contributed by atoms with E-state index in [0.29, 0.717) is 48.3 Å². The highest BCUT2D eigenvalue weighted by molar-refractivity contribution is 5.83. The molecule has 4 nitrogen and oxygen atoms in total. The van der Waals surface area contributed by atoms with Gasteiger partial charge in [0.05, 0.1) is 0 Å². The third-order valence-corrected chi connectivity index (χ3v) is 10.6. The molecule has 2 unspecified atom stereocenters. The summed E-state index contributed by atoms with van der Waals surface area (Å²) in [4.78, 5) is 30.2. The molecular weight excluding hydrogens is 516 g/mol. The fourth-order valence-corrected chi connectivity index (χ4v) is 8.03. The van der Waals surface area contributed by atoms with E-state index in [-0.39, 0.29) is 11.8 Å². The Hall–Kier alpha value is -2.30. The summed E-state index contributed by atoms with van der Waals surface area (Å²) < 4.78 is 0. The van der Waals surface area contributed by atoms with Crippen molar-refractivity contribution in [2.24, 2.45) is 23.7 Å². The van der Waals surface area contributed by atoms with Crippen LogP contribution in [0.25, 0.3) is 0 Å². The normalized spacial score (nSPS) is 25.9. The minimum Gasteiger partial charge on any atom is -0.299 e. The number of carbonyl (C=O) groups excluding carboxylic acids is 2. The van der Waals surface area contributed by atoms with E-state index in [4.69, 9.17) is 0 Å². The van der Waals surface area contributed by atoms with E-state index in [1.807, 2.05) is 0 Å².